The Labute approximate surface area is 90.9 Å². The molecule has 0 aliphatic carbocycles. The number of methoxy groups -OCH3 is 1. The Morgan fingerprint density at radius 3 is 3.06 bits per heavy atom. The first-order chi connectivity index (χ1) is 7.72. The molecule has 2 heterocycles. The molecule has 0 amide bonds. The highest BCUT2D eigenvalue weighted by Crippen LogP contribution is 2.13. The zero-order valence-corrected chi connectivity index (χ0v) is 8.49. The van der Waals surface area contributed by atoms with Crippen molar-refractivity contribution in [1.82, 2.24) is 19.7 Å². The average Bonchev–Trinajstić information content (AvgIpc) is 2.78. The van der Waals surface area contributed by atoms with Gasteiger partial charge in [0.1, 0.15) is 6.33 Å². The molecule has 0 unspecified atom stereocenters. The first kappa shape index (κ1) is 10.1. The molecule has 0 aromatic carbocycles. The Balaban J connectivity index is 2.39. The van der Waals surface area contributed by atoms with Gasteiger partial charge < -0.3 is 10.5 Å². The molecular formula is C9H9N5O2. The second kappa shape index (κ2) is 3.97. The van der Waals surface area contributed by atoms with Gasteiger partial charge in [0.05, 0.1) is 24.7 Å². The van der Waals surface area contributed by atoms with Crippen molar-refractivity contribution in [2.75, 3.05) is 12.8 Å². The topological polar surface area (TPSA) is 95.9 Å². The minimum Gasteiger partial charge on any atom is -0.463 e. The molecule has 7 heteroatoms. The molecule has 2 N–H and O–H groups in total. The van der Waals surface area contributed by atoms with Crippen LogP contribution in [-0.4, -0.2) is 32.8 Å². The number of hydrogen-bond acceptors (Lipinski definition) is 6. The Bertz CT molecular complexity index is 522. The molecule has 0 radical (unpaired) electrons. The molecule has 2 aromatic rings. The van der Waals surface area contributed by atoms with E-state index in [0.717, 1.165) is 0 Å². The first-order valence-electron chi connectivity index (χ1n) is 4.42. The van der Waals surface area contributed by atoms with E-state index in [4.69, 9.17) is 5.73 Å². The molecule has 0 saturated carbocycles. The van der Waals surface area contributed by atoms with E-state index >= 15 is 0 Å². The number of nitrogens with zero attached hydrogens (tertiary/aromatic N) is 4. The van der Waals surface area contributed by atoms with Gasteiger partial charge in [0.15, 0.2) is 0 Å². The van der Waals surface area contributed by atoms with Crippen LogP contribution in [0.4, 0.5) is 5.69 Å². The van der Waals surface area contributed by atoms with Crippen LogP contribution in [-0.2, 0) is 4.74 Å². The van der Waals surface area contributed by atoms with Crippen LogP contribution in [0.2, 0.25) is 0 Å². The fraction of sp³-hybridized carbons (Fsp3) is 0.111. The van der Waals surface area contributed by atoms with Gasteiger partial charge in [0, 0.05) is 6.20 Å². The number of esters is 1. The molecule has 7 nitrogen and oxygen atoms in total. The van der Waals surface area contributed by atoms with Crippen LogP contribution >= 0.6 is 0 Å². The maximum atomic E-state index is 11.1. The smallest absolute Gasteiger partial charge is 0.377 e. The maximum absolute atomic E-state index is 11.1. The van der Waals surface area contributed by atoms with Crippen molar-refractivity contribution in [3.63, 3.8) is 0 Å². The number of nitrogens with two attached hydrogens (primary N) is 1. The Morgan fingerprint density at radius 2 is 2.38 bits per heavy atom. The Kier molecular flexibility index (Phi) is 2.50. The SMILES string of the molecule is COC(=O)c1ncn(-c2ccncc2N)n1. The maximum Gasteiger partial charge on any atom is 0.377 e. The number of rotatable bonds is 2. The summed E-state index contributed by atoms with van der Waals surface area (Å²) in [5, 5.41) is 3.94. The van der Waals surface area contributed by atoms with E-state index in [-0.39, 0.29) is 5.82 Å². The van der Waals surface area contributed by atoms with Crippen LogP contribution < -0.4 is 5.73 Å². The quantitative estimate of drug-likeness (QED) is 0.716. The Morgan fingerprint density at radius 1 is 1.56 bits per heavy atom. The van der Waals surface area contributed by atoms with Crippen molar-refractivity contribution in [2.24, 2.45) is 0 Å². The van der Waals surface area contributed by atoms with Gasteiger partial charge in [0.25, 0.3) is 5.82 Å². The minimum atomic E-state index is -0.591. The van der Waals surface area contributed by atoms with Crippen molar-refractivity contribution in [3.8, 4) is 5.69 Å². The van der Waals surface area contributed by atoms with E-state index in [0.29, 0.717) is 11.4 Å². The number of anilines is 1. The lowest BCUT2D eigenvalue weighted by Crippen LogP contribution is -2.06. The van der Waals surface area contributed by atoms with Crippen LogP contribution in [0.3, 0.4) is 0 Å². The zero-order chi connectivity index (χ0) is 11.5. The largest absolute Gasteiger partial charge is 0.463 e. The van der Waals surface area contributed by atoms with Crippen molar-refractivity contribution < 1.29 is 9.53 Å². The summed E-state index contributed by atoms with van der Waals surface area (Å²) in [6, 6.07) is 1.67. The molecule has 82 valence electrons. The molecule has 0 saturated heterocycles. The third-order valence-electron chi connectivity index (χ3n) is 1.93. The highest BCUT2D eigenvalue weighted by atomic mass is 16.5. The lowest BCUT2D eigenvalue weighted by molar-refractivity contribution is 0.0587. The summed E-state index contributed by atoms with van der Waals surface area (Å²) in [4.78, 5) is 18.8. The minimum absolute atomic E-state index is 0.0151. The monoisotopic (exact) mass is 219 g/mol. The van der Waals surface area contributed by atoms with E-state index < -0.39 is 5.97 Å². The fourth-order valence-corrected chi connectivity index (χ4v) is 1.17. The van der Waals surface area contributed by atoms with Crippen molar-refractivity contribution in [3.05, 3.63) is 30.6 Å². The van der Waals surface area contributed by atoms with Gasteiger partial charge in [-0.15, -0.1) is 5.10 Å². The fourth-order valence-electron chi connectivity index (χ4n) is 1.17. The summed E-state index contributed by atoms with van der Waals surface area (Å²) < 4.78 is 5.89. The number of nitrogen functional groups attached to an aromatic ring is 1. The third-order valence-corrected chi connectivity index (χ3v) is 1.93. The highest BCUT2D eigenvalue weighted by molar-refractivity contribution is 5.84. The molecule has 0 spiro atoms. The van der Waals surface area contributed by atoms with Gasteiger partial charge in [-0.2, -0.15) is 0 Å². The van der Waals surface area contributed by atoms with E-state index in [9.17, 15) is 4.79 Å². The second-order valence-electron chi connectivity index (χ2n) is 2.94. The molecule has 0 fully saturated rings. The van der Waals surface area contributed by atoms with Gasteiger partial charge in [-0.3, -0.25) is 4.98 Å². The lowest BCUT2D eigenvalue weighted by Gasteiger charge is -2.02. The number of carbonyl (C=O) groups is 1. The lowest BCUT2D eigenvalue weighted by atomic mass is 10.3. The molecule has 0 aliphatic rings. The summed E-state index contributed by atoms with van der Waals surface area (Å²) in [7, 11) is 1.27. The average molecular weight is 219 g/mol. The third kappa shape index (κ3) is 1.70. The second-order valence-corrected chi connectivity index (χ2v) is 2.94. The van der Waals surface area contributed by atoms with E-state index in [1.54, 1.807) is 12.3 Å². The van der Waals surface area contributed by atoms with Crippen LogP contribution in [0.25, 0.3) is 5.69 Å². The predicted octanol–water partition coefficient (Wildman–Crippen LogP) is 0.0311. The number of carbonyl (C=O) groups excluding carboxylic acids is 1. The first-order valence-corrected chi connectivity index (χ1v) is 4.42. The number of ether oxygens (including phenoxy) is 1. The Hall–Kier alpha value is -2.44. The molecular weight excluding hydrogens is 210 g/mol. The van der Waals surface area contributed by atoms with Crippen molar-refractivity contribution in [1.29, 1.82) is 0 Å². The molecule has 2 aromatic heterocycles. The van der Waals surface area contributed by atoms with Crippen LogP contribution in [0.1, 0.15) is 10.6 Å². The zero-order valence-electron chi connectivity index (χ0n) is 8.49. The summed E-state index contributed by atoms with van der Waals surface area (Å²) in [6.45, 7) is 0. The van der Waals surface area contributed by atoms with E-state index in [1.807, 2.05) is 0 Å². The van der Waals surface area contributed by atoms with Crippen LogP contribution in [0.15, 0.2) is 24.8 Å². The van der Waals surface area contributed by atoms with Gasteiger partial charge >= 0.3 is 5.97 Å². The van der Waals surface area contributed by atoms with Crippen molar-refractivity contribution >= 4 is 11.7 Å². The number of aromatic nitrogens is 4. The van der Waals surface area contributed by atoms with E-state index in [2.05, 4.69) is 19.8 Å². The molecule has 0 atom stereocenters. The molecule has 16 heavy (non-hydrogen) atoms. The summed E-state index contributed by atoms with van der Waals surface area (Å²) in [5.41, 5.74) is 6.76. The van der Waals surface area contributed by atoms with Gasteiger partial charge in [-0.25, -0.2) is 14.5 Å². The van der Waals surface area contributed by atoms with Gasteiger partial charge in [0.2, 0.25) is 0 Å². The summed E-state index contributed by atoms with van der Waals surface area (Å²) >= 11 is 0. The predicted molar refractivity (Wildman–Crippen MR) is 54.9 cm³/mol. The van der Waals surface area contributed by atoms with Crippen LogP contribution in [0.5, 0.6) is 0 Å². The van der Waals surface area contributed by atoms with E-state index in [1.165, 1.54) is 24.3 Å². The van der Waals surface area contributed by atoms with Gasteiger partial charge in [-0.05, 0) is 6.07 Å². The highest BCUT2D eigenvalue weighted by Gasteiger charge is 2.12. The number of hydrogen-bond donors (Lipinski definition) is 1. The van der Waals surface area contributed by atoms with Crippen molar-refractivity contribution in [2.45, 2.75) is 0 Å². The molecule has 0 aliphatic heterocycles. The number of pyridine rings is 1. The molecule has 2 rings (SSSR count). The summed E-state index contributed by atoms with van der Waals surface area (Å²) in [6.07, 6.45) is 4.46. The van der Waals surface area contributed by atoms with Gasteiger partial charge in [-0.1, -0.05) is 0 Å². The normalized spacial score (nSPS) is 10.1. The molecule has 0 bridgehead atoms. The van der Waals surface area contributed by atoms with Crippen LogP contribution in [0, 0.1) is 0 Å². The summed E-state index contributed by atoms with van der Waals surface area (Å²) in [5.74, 6) is -0.606. The standard InChI is InChI=1S/C9H9N5O2/c1-16-9(15)8-12-5-14(13-8)7-2-3-11-4-6(7)10/h2-5H,10H2,1H3.